The van der Waals surface area contributed by atoms with Gasteiger partial charge in [-0.1, -0.05) is 22.0 Å². The lowest BCUT2D eigenvalue weighted by Gasteiger charge is -1.99. The molecule has 0 aromatic heterocycles. The Labute approximate surface area is 76.8 Å². The van der Waals surface area contributed by atoms with E-state index in [1.54, 1.807) is 6.07 Å². The van der Waals surface area contributed by atoms with Crippen LogP contribution >= 0.6 is 15.9 Å². The minimum atomic E-state index is -1.07. The van der Waals surface area contributed by atoms with E-state index in [2.05, 4.69) is 15.9 Å². The van der Waals surface area contributed by atoms with E-state index < -0.39 is 11.6 Å². The molecular formula is C8H4BrF2N. The van der Waals surface area contributed by atoms with Crippen LogP contribution in [-0.4, -0.2) is 0 Å². The zero-order valence-electron chi connectivity index (χ0n) is 5.94. The predicted octanol–water partition coefficient (Wildman–Crippen LogP) is 2.73. The summed E-state index contributed by atoms with van der Waals surface area (Å²) in [4.78, 5) is 0. The Balaban J connectivity index is 3.32. The average Bonchev–Trinajstić information content (AvgIpc) is 2.10. The summed E-state index contributed by atoms with van der Waals surface area (Å²) >= 11 is 3.00. The molecule has 12 heavy (non-hydrogen) atoms. The molecule has 1 aromatic rings. The Morgan fingerprint density at radius 2 is 2.00 bits per heavy atom. The van der Waals surface area contributed by atoms with Crippen molar-refractivity contribution >= 4 is 15.9 Å². The summed E-state index contributed by atoms with van der Waals surface area (Å²) in [7, 11) is 0. The number of alkyl halides is 1. The van der Waals surface area contributed by atoms with Gasteiger partial charge < -0.3 is 0 Å². The van der Waals surface area contributed by atoms with E-state index in [0.717, 1.165) is 0 Å². The lowest BCUT2D eigenvalue weighted by atomic mass is 10.1. The van der Waals surface area contributed by atoms with Gasteiger partial charge in [0.1, 0.15) is 6.07 Å². The Bertz CT molecular complexity index is 344. The minimum absolute atomic E-state index is 0.214. The molecule has 0 heterocycles. The molecule has 0 saturated carbocycles. The molecule has 0 saturated heterocycles. The van der Waals surface area contributed by atoms with E-state index >= 15 is 0 Å². The molecule has 0 aliphatic heterocycles. The third-order valence-corrected chi connectivity index (χ3v) is 2.03. The Morgan fingerprint density at radius 3 is 2.50 bits per heavy atom. The SMILES string of the molecule is N#Cc1ccc(CBr)c(F)c1F. The standard InChI is InChI=1S/C8H4BrF2N/c9-3-5-1-2-6(4-12)8(11)7(5)10/h1-2H,3H2. The maximum Gasteiger partial charge on any atom is 0.176 e. The topological polar surface area (TPSA) is 23.8 Å². The quantitative estimate of drug-likeness (QED) is 0.683. The molecule has 1 rings (SSSR count). The normalized spacial score (nSPS) is 9.50. The van der Waals surface area contributed by atoms with Crippen molar-refractivity contribution in [2.75, 3.05) is 0 Å². The average molecular weight is 232 g/mol. The van der Waals surface area contributed by atoms with Crippen LogP contribution in [-0.2, 0) is 5.33 Å². The van der Waals surface area contributed by atoms with E-state index in [1.165, 1.54) is 12.1 Å². The van der Waals surface area contributed by atoms with Gasteiger partial charge in [-0.2, -0.15) is 5.26 Å². The van der Waals surface area contributed by atoms with Gasteiger partial charge in [-0.25, -0.2) is 8.78 Å². The van der Waals surface area contributed by atoms with Crippen LogP contribution in [0.3, 0.4) is 0 Å². The first-order valence-corrected chi connectivity index (χ1v) is 4.25. The van der Waals surface area contributed by atoms with Gasteiger partial charge >= 0.3 is 0 Å². The van der Waals surface area contributed by atoms with Crippen molar-refractivity contribution in [2.24, 2.45) is 0 Å². The molecular weight excluding hydrogens is 228 g/mol. The predicted molar refractivity (Wildman–Crippen MR) is 43.7 cm³/mol. The van der Waals surface area contributed by atoms with Crippen LogP contribution in [0.5, 0.6) is 0 Å². The number of hydrogen-bond donors (Lipinski definition) is 0. The molecule has 0 radical (unpaired) electrons. The van der Waals surface area contributed by atoms with Gasteiger partial charge in [0.25, 0.3) is 0 Å². The molecule has 0 aliphatic rings. The Hall–Kier alpha value is -0.950. The summed E-state index contributed by atoms with van der Waals surface area (Å²) < 4.78 is 25.7. The van der Waals surface area contributed by atoms with Crippen molar-refractivity contribution in [3.05, 3.63) is 34.9 Å². The van der Waals surface area contributed by atoms with Crippen LogP contribution in [0.1, 0.15) is 11.1 Å². The lowest BCUT2D eigenvalue weighted by Crippen LogP contribution is -1.94. The summed E-state index contributed by atoms with van der Waals surface area (Å²) in [5.41, 5.74) is -0.0521. The second-order valence-electron chi connectivity index (χ2n) is 2.15. The molecule has 0 fully saturated rings. The number of nitriles is 1. The van der Waals surface area contributed by atoms with Crippen LogP contribution in [0.4, 0.5) is 8.78 Å². The summed E-state index contributed by atoms with van der Waals surface area (Å²) in [6, 6.07) is 4.20. The molecule has 0 amide bonds. The number of hydrogen-bond acceptors (Lipinski definition) is 1. The number of rotatable bonds is 1. The van der Waals surface area contributed by atoms with Gasteiger partial charge in [0.05, 0.1) is 5.56 Å². The van der Waals surface area contributed by atoms with Crippen molar-refractivity contribution in [2.45, 2.75) is 5.33 Å². The maximum atomic E-state index is 12.9. The van der Waals surface area contributed by atoms with Gasteiger partial charge in [-0.15, -0.1) is 0 Å². The molecule has 4 heteroatoms. The molecule has 0 aliphatic carbocycles. The zero-order valence-corrected chi connectivity index (χ0v) is 7.53. The van der Waals surface area contributed by atoms with Crippen molar-refractivity contribution in [1.82, 2.24) is 0 Å². The number of benzene rings is 1. The summed E-state index contributed by atoms with van der Waals surface area (Å²) in [6.07, 6.45) is 0. The molecule has 0 spiro atoms. The van der Waals surface area contributed by atoms with Gasteiger partial charge in [-0.05, 0) is 6.07 Å². The van der Waals surface area contributed by atoms with E-state index in [1.807, 2.05) is 0 Å². The van der Waals surface area contributed by atoms with Crippen molar-refractivity contribution < 1.29 is 8.78 Å². The molecule has 0 N–H and O–H groups in total. The van der Waals surface area contributed by atoms with E-state index in [4.69, 9.17) is 5.26 Å². The molecule has 0 unspecified atom stereocenters. The monoisotopic (exact) mass is 231 g/mol. The van der Waals surface area contributed by atoms with Crippen molar-refractivity contribution in [1.29, 1.82) is 5.26 Å². The van der Waals surface area contributed by atoms with Crippen LogP contribution in [0.2, 0.25) is 0 Å². The Morgan fingerprint density at radius 1 is 1.33 bits per heavy atom. The van der Waals surface area contributed by atoms with Gasteiger partial charge in [0.15, 0.2) is 11.6 Å². The van der Waals surface area contributed by atoms with E-state index in [-0.39, 0.29) is 16.5 Å². The highest BCUT2D eigenvalue weighted by atomic mass is 79.9. The van der Waals surface area contributed by atoms with Gasteiger partial charge in [0, 0.05) is 10.9 Å². The fourth-order valence-corrected chi connectivity index (χ4v) is 1.21. The van der Waals surface area contributed by atoms with Crippen LogP contribution in [0, 0.1) is 23.0 Å². The van der Waals surface area contributed by atoms with Crippen LogP contribution < -0.4 is 0 Å². The third-order valence-electron chi connectivity index (χ3n) is 1.43. The molecule has 62 valence electrons. The van der Waals surface area contributed by atoms with Crippen LogP contribution in [0.25, 0.3) is 0 Å². The molecule has 1 nitrogen and oxygen atoms in total. The highest BCUT2D eigenvalue weighted by molar-refractivity contribution is 9.08. The van der Waals surface area contributed by atoms with E-state index in [9.17, 15) is 8.78 Å². The third kappa shape index (κ3) is 1.46. The fraction of sp³-hybridized carbons (Fsp3) is 0.125. The second kappa shape index (κ2) is 3.63. The number of nitrogens with zero attached hydrogens (tertiary/aromatic N) is 1. The van der Waals surface area contributed by atoms with Crippen molar-refractivity contribution in [3.8, 4) is 6.07 Å². The minimum Gasteiger partial charge on any atom is -0.203 e. The molecule has 1 aromatic carbocycles. The summed E-state index contributed by atoms with van der Waals surface area (Å²) in [5.74, 6) is -2.03. The first-order chi connectivity index (χ1) is 5.70. The highest BCUT2D eigenvalue weighted by Crippen LogP contribution is 2.17. The number of halogens is 3. The first-order valence-electron chi connectivity index (χ1n) is 3.13. The second-order valence-corrected chi connectivity index (χ2v) is 2.71. The Kier molecular flexibility index (Phi) is 2.77. The maximum absolute atomic E-state index is 12.9. The fourth-order valence-electron chi connectivity index (χ4n) is 0.779. The largest absolute Gasteiger partial charge is 0.203 e. The molecule has 0 bridgehead atoms. The first kappa shape index (κ1) is 9.14. The smallest absolute Gasteiger partial charge is 0.176 e. The van der Waals surface area contributed by atoms with Gasteiger partial charge in [-0.3, -0.25) is 0 Å². The highest BCUT2D eigenvalue weighted by Gasteiger charge is 2.11. The van der Waals surface area contributed by atoms with E-state index in [0.29, 0.717) is 0 Å². The summed E-state index contributed by atoms with van der Waals surface area (Å²) in [5, 5.41) is 8.58. The lowest BCUT2D eigenvalue weighted by molar-refractivity contribution is 0.500. The zero-order chi connectivity index (χ0) is 9.14. The van der Waals surface area contributed by atoms with Crippen molar-refractivity contribution in [3.63, 3.8) is 0 Å². The summed E-state index contributed by atoms with van der Waals surface area (Å²) in [6.45, 7) is 0. The van der Waals surface area contributed by atoms with Gasteiger partial charge in [0.2, 0.25) is 0 Å². The molecule has 0 atom stereocenters. The van der Waals surface area contributed by atoms with Crippen LogP contribution in [0.15, 0.2) is 12.1 Å².